The first-order chi connectivity index (χ1) is 9.96. The fourth-order valence-electron chi connectivity index (χ4n) is 2.96. The van der Waals surface area contributed by atoms with Crippen LogP contribution in [0.3, 0.4) is 0 Å². The molecule has 21 heavy (non-hydrogen) atoms. The number of hydrogen-bond acceptors (Lipinski definition) is 4. The maximum Gasteiger partial charge on any atom is 0.244 e. The summed E-state index contributed by atoms with van der Waals surface area (Å²) in [4.78, 5) is 15.4. The summed E-state index contributed by atoms with van der Waals surface area (Å²) in [6.07, 6.45) is 3.14. The number of aromatic nitrogens is 1. The summed E-state index contributed by atoms with van der Waals surface area (Å²) in [7, 11) is -3.54. The summed E-state index contributed by atoms with van der Waals surface area (Å²) >= 11 is 5.69. The zero-order valence-electron chi connectivity index (χ0n) is 11.3. The van der Waals surface area contributed by atoms with Crippen molar-refractivity contribution >= 4 is 27.5 Å². The number of carbonyl (C=O) groups excluding carboxylic acids is 1. The van der Waals surface area contributed by atoms with Gasteiger partial charge in [0, 0.05) is 31.7 Å². The van der Waals surface area contributed by atoms with Crippen LogP contribution < -0.4 is 5.32 Å². The highest BCUT2D eigenvalue weighted by Crippen LogP contribution is 2.29. The Bertz CT molecular complexity index is 647. The third-order valence-corrected chi connectivity index (χ3v) is 6.20. The van der Waals surface area contributed by atoms with Crippen molar-refractivity contribution < 1.29 is 13.2 Å². The first kappa shape index (κ1) is 14.7. The molecule has 2 aliphatic heterocycles. The average Bonchev–Trinajstić information content (AvgIpc) is 2.47. The number of amides is 1. The molecule has 0 aliphatic carbocycles. The maximum atomic E-state index is 12.6. The molecule has 2 saturated heterocycles. The summed E-state index contributed by atoms with van der Waals surface area (Å²) < 4.78 is 26.7. The van der Waals surface area contributed by atoms with E-state index in [-0.39, 0.29) is 27.9 Å². The van der Waals surface area contributed by atoms with Gasteiger partial charge in [-0.2, -0.15) is 4.31 Å². The van der Waals surface area contributed by atoms with Gasteiger partial charge < -0.3 is 5.32 Å². The number of carbonyl (C=O) groups is 1. The van der Waals surface area contributed by atoms with Crippen molar-refractivity contribution in [3.63, 3.8) is 0 Å². The number of nitrogens with zero attached hydrogens (tertiary/aromatic N) is 2. The van der Waals surface area contributed by atoms with Crippen LogP contribution in [0.1, 0.15) is 19.3 Å². The quantitative estimate of drug-likeness (QED) is 0.822. The molecule has 114 valence electrons. The molecular formula is C13H16ClN3O3S. The van der Waals surface area contributed by atoms with E-state index < -0.39 is 10.0 Å². The molecule has 2 aliphatic rings. The van der Waals surface area contributed by atoms with E-state index in [4.69, 9.17) is 11.6 Å². The molecule has 1 aromatic heterocycles. The Morgan fingerprint density at radius 1 is 1.33 bits per heavy atom. The summed E-state index contributed by atoms with van der Waals surface area (Å²) in [5.74, 6) is 0.251. The van der Waals surface area contributed by atoms with Gasteiger partial charge in [-0.1, -0.05) is 11.6 Å². The second kappa shape index (κ2) is 5.55. The van der Waals surface area contributed by atoms with Crippen molar-refractivity contribution in [1.82, 2.24) is 14.6 Å². The fourth-order valence-corrected chi connectivity index (χ4v) is 4.53. The van der Waals surface area contributed by atoms with Crippen molar-refractivity contribution in [2.24, 2.45) is 5.92 Å². The summed E-state index contributed by atoms with van der Waals surface area (Å²) in [5, 5.41) is 3.21. The molecule has 3 rings (SSSR count). The lowest BCUT2D eigenvalue weighted by molar-refractivity contribution is -0.124. The molecule has 8 heteroatoms. The minimum Gasteiger partial charge on any atom is -0.353 e. The molecule has 1 N–H and O–H groups in total. The Hall–Kier alpha value is -1.18. The Morgan fingerprint density at radius 2 is 2.14 bits per heavy atom. The van der Waals surface area contributed by atoms with Crippen LogP contribution in [0.2, 0.25) is 5.15 Å². The standard InChI is InChI=1S/C13H16ClN3O3S/c14-12-3-2-10(7-15-12)21(19,20)17-6-5-11-9(8-17)1-4-13(18)16-11/h2-3,7,9,11H,1,4-6,8H2,(H,16,18). The number of fused-ring (bicyclic) bond motifs is 1. The second-order valence-corrected chi connectivity index (χ2v) is 7.77. The first-order valence-corrected chi connectivity index (χ1v) is 8.70. The van der Waals surface area contributed by atoms with Crippen LogP contribution in [0, 0.1) is 5.92 Å². The summed E-state index contributed by atoms with van der Waals surface area (Å²) in [5.41, 5.74) is 0. The van der Waals surface area contributed by atoms with Crippen LogP contribution in [-0.2, 0) is 14.8 Å². The molecule has 0 radical (unpaired) electrons. The number of rotatable bonds is 2. The number of nitrogens with one attached hydrogen (secondary N) is 1. The molecular weight excluding hydrogens is 314 g/mol. The third-order valence-electron chi connectivity index (χ3n) is 4.12. The predicted octanol–water partition coefficient (Wildman–Crippen LogP) is 1.02. The molecule has 0 bridgehead atoms. The van der Waals surface area contributed by atoms with E-state index >= 15 is 0 Å². The number of sulfonamides is 1. The molecule has 0 spiro atoms. The lowest BCUT2D eigenvalue weighted by atomic mass is 9.86. The van der Waals surface area contributed by atoms with Gasteiger partial charge >= 0.3 is 0 Å². The number of pyridine rings is 1. The minimum atomic E-state index is -3.54. The topological polar surface area (TPSA) is 79.4 Å². The van der Waals surface area contributed by atoms with E-state index in [2.05, 4.69) is 10.3 Å². The minimum absolute atomic E-state index is 0.0643. The Labute approximate surface area is 128 Å². The zero-order chi connectivity index (χ0) is 15.0. The zero-order valence-corrected chi connectivity index (χ0v) is 12.9. The van der Waals surface area contributed by atoms with Gasteiger partial charge in [0.05, 0.1) is 0 Å². The maximum absolute atomic E-state index is 12.6. The van der Waals surface area contributed by atoms with E-state index in [1.54, 1.807) is 0 Å². The number of piperidine rings is 2. The molecule has 3 heterocycles. The highest BCUT2D eigenvalue weighted by Gasteiger charge is 2.38. The van der Waals surface area contributed by atoms with Gasteiger partial charge in [0.2, 0.25) is 15.9 Å². The van der Waals surface area contributed by atoms with Crippen molar-refractivity contribution in [1.29, 1.82) is 0 Å². The van der Waals surface area contributed by atoms with Gasteiger partial charge in [0.15, 0.2) is 0 Å². The van der Waals surface area contributed by atoms with Gasteiger partial charge in [-0.25, -0.2) is 13.4 Å². The van der Waals surface area contributed by atoms with E-state index in [9.17, 15) is 13.2 Å². The first-order valence-electron chi connectivity index (χ1n) is 6.88. The molecule has 6 nitrogen and oxygen atoms in total. The SMILES string of the molecule is O=C1CCC2CN(S(=O)(=O)c3ccc(Cl)nc3)CCC2N1. The summed E-state index contributed by atoms with van der Waals surface area (Å²) in [6, 6.07) is 3.04. The van der Waals surface area contributed by atoms with Crippen LogP contribution in [-0.4, -0.2) is 42.7 Å². The molecule has 2 atom stereocenters. The predicted molar refractivity (Wildman–Crippen MR) is 77.3 cm³/mol. The lowest BCUT2D eigenvalue weighted by Crippen LogP contribution is -2.54. The van der Waals surface area contributed by atoms with Gasteiger partial charge in [-0.3, -0.25) is 4.79 Å². The van der Waals surface area contributed by atoms with E-state index in [0.717, 1.165) is 6.42 Å². The van der Waals surface area contributed by atoms with Gasteiger partial charge in [0.25, 0.3) is 0 Å². The number of halogens is 1. The molecule has 1 amide bonds. The molecule has 2 unspecified atom stereocenters. The van der Waals surface area contributed by atoms with Crippen molar-refractivity contribution in [3.05, 3.63) is 23.5 Å². The van der Waals surface area contributed by atoms with Gasteiger partial charge in [-0.15, -0.1) is 0 Å². The Kier molecular flexibility index (Phi) is 3.90. The van der Waals surface area contributed by atoms with Crippen LogP contribution in [0.15, 0.2) is 23.2 Å². The lowest BCUT2D eigenvalue weighted by Gasteiger charge is -2.40. The highest BCUT2D eigenvalue weighted by atomic mass is 35.5. The molecule has 0 saturated carbocycles. The van der Waals surface area contributed by atoms with Gasteiger partial charge in [-0.05, 0) is 30.9 Å². The monoisotopic (exact) mass is 329 g/mol. The largest absolute Gasteiger partial charge is 0.353 e. The Morgan fingerprint density at radius 3 is 2.86 bits per heavy atom. The van der Waals surface area contributed by atoms with Crippen LogP contribution in [0.25, 0.3) is 0 Å². The van der Waals surface area contributed by atoms with Gasteiger partial charge in [0.1, 0.15) is 10.0 Å². The van der Waals surface area contributed by atoms with Crippen LogP contribution >= 0.6 is 11.6 Å². The Balaban J connectivity index is 1.78. The molecule has 1 aromatic rings. The molecule has 0 aromatic carbocycles. The second-order valence-electron chi connectivity index (χ2n) is 5.44. The van der Waals surface area contributed by atoms with Crippen molar-refractivity contribution in [2.75, 3.05) is 13.1 Å². The normalized spacial score (nSPS) is 27.0. The smallest absolute Gasteiger partial charge is 0.244 e. The van der Waals surface area contributed by atoms with Crippen molar-refractivity contribution in [2.45, 2.75) is 30.2 Å². The van der Waals surface area contributed by atoms with Crippen LogP contribution in [0.5, 0.6) is 0 Å². The van der Waals surface area contributed by atoms with Crippen LogP contribution in [0.4, 0.5) is 0 Å². The van der Waals surface area contributed by atoms with E-state index in [1.807, 2.05) is 0 Å². The molecule has 2 fully saturated rings. The average molecular weight is 330 g/mol. The number of hydrogen-bond donors (Lipinski definition) is 1. The van der Waals surface area contributed by atoms with E-state index in [0.29, 0.717) is 25.9 Å². The summed E-state index contributed by atoms with van der Waals surface area (Å²) in [6.45, 7) is 0.850. The fraction of sp³-hybridized carbons (Fsp3) is 0.538. The highest BCUT2D eigenvalue weighted by molar-refractivity contribution is 7.89. The van der Waals surface area contributed by atoms with Crippen molar-refractivity contribution in [3.8, 4) is 0 Å². The third kappa shape index (κ3) is 2.90. The van der Waals surface area contributed by atoms with E-state index in [1.165, 1.54) is 22.6 Å².